The zero-order valence-electron chi connectivity index (χ0n) is 12.2. The quantitative estimate of drug-likeness (QED) is 0.624. The predicted molar refractivity (Wildman–Crippen MR) is 94.1 cm³/mol. The van der Waals surface area contributed by atoms with Gasteiger partial charge in [-0.3, -0.25) is 4.79 Å². The largest absolute Gasteiger partial charge is 0.459 e. The van der Waals surface area contributed by atoms with Gasteiger partial charge >= 0.3 is 0 Å². The van der Waals surface area contributed by atoms with E-state index in [9.17, 15) is 4.79 Å². The summed E-state index contributed by atoms with van der Waals surface area (Å²) in [5.41, 5.74) is 1.84. The van der Waals surface area contributed by atoms with Crippen LogP contribution in [0.1, 0.15) is 16.1 Å². The van der Waals surface area contributed by atoms with Crippen LogP contribution in [0.3, 0.4) is 0 Å². The first-order valence-corrected chi connectivity index (χ1v) is 8.40. The maximum absolute atomic E-state index is 11.9. The van der Waals surface area contributed by atoms with Gasteiger partial charge in [-0.2, -0.15) is 0 Å². The molecule has 0 aliphatic carbocycles. The van der Waals surface area contributed by atoms with Gasteiger partial charge < -0.3 is 9.73 Å². The highest BCUT2D eigenvalue weighted by molar-refractivity contribution is 7.98. The number of carbonyl (C=O) groups excluding carboxylic acids is 1. The van der Waals surface area contributed by atoms with Crippen molar-refractivity contribution in [3.05, 3.63) is 83.3 Å². The van der Waals surface area contributed by atoms with E-state index >= 15 is 0 Å². The molecule has 116 valence electrons. The van der Waals surface area contributed by atoms with E-state index in [0.29, 0.717) is 5.76 Å². The number of rotatable bonds is 5. The van der Waals surface area contributed by atoms with E-state index in [0.717, 1.165) is 26.9 Å². The minimum Gasteiger partial charge on any atom is -0.459 e. The van der Waals surface area contributed by atoms with Gasteiger partial charge in [0, 0.05) is 21.4 Å². The third-order valence-electron chi connectivity index (χ3n) is 3.21. The number of hydrogen-bond donors (Lipinski definition) is 1. The molecule has 0 aliphatic heterocycles. The molecule has 0 radical (unpaired) electrons. The summed E-state index contributed by atoms with van der Waals surface area (Å²) >= 11 is 7.85. The number of nitrogens with one attached hydrogen (secondary N) is 1. The van der Waals surface area contributed by atoms with Crippen LogP contribution in [0.4, 0.5) is 5.69 Å². The number of carbonyl (C=O) groups is 1. The summed E-state index contributed by atoms with van der Waals surface area (Å²) in [5.74, 6) is 0.839. The third-order valence-corrected chi connectivity index (χ3v) is 4.64. The van der Waals surface area contributed by atoms with Gasteiger partial charge in [-0.25, -0.2) is 0 Å². The van der Waals surface area contributed by atoms with E-state index in [2.05, 4.69) is 5.32 Å². The molecule has 0 aliphatic rings. The van der Waals surface area contributed by atoms with Crippen molar-refractivity contribution >= 4 is 35.0 Å². The Hall–Kier alpha value is -2.17. The van der Waals surface area contributed by atoms with Crippen molar-refractivity contribution in [1.82, 2.24) is 0 Å². The highest BCUT2D eigenvalue weighted by Crippen LogP contribution is 2.27. The summed E-state index contributed by atoms with van der Waals surface area (Å²) in [6.07, 6.45) is 1.48. The monoisotopic (exact) mass is 343 g/mol. The molecule has 0 spiro atoms. The average Bonchev–Trinajstić information content (AvgIpc) is 3.10. The Morgan fingerprint density at radius 1 is 1.04 bits per heavy atom. The molecule has 0 atom stereocenters. The highest BCUT2D eigenvalue weighted by atomic mass is 35.5. The minimum atomic E-state index is -0.258. The average molecular weight is 344 g/mol. The zero-order valence-corrected chi connectivity index (χ0v) is 13.7. The van der Waals surface area contributed by atoms with Gasteiger partial charge in [0.25, 0.3) is 5.91 Å². The second-order valence-electron chi connectivity index (χ2n) is 4.84. The smallest absolute Gasteiger partial charge is 0.291 e. The second kappa shape index (κ2) is 7.40. The Morgan fingerprint density at radius 2 is 1.83 bits per heavy atom. The molecule has 1 amide bonds. The Labute approximate surface area is 143 Å². The van der Waals surface area contributed by atoms with Crippen molar-refractivity contribution in [2.45, 2.75) is 10.6 Å². The molecule has 0 saturated carbocycles. The molecule has 0 fully saturated rings. The lowest BCUT2D eigenvalue weighted by molar-refractivity contribution is 0.0996. The van der Waals surface area contributed by atoms with Gasteiger partial charge in [0.05, 0.1) is 6.26 Å². The van der Waals surface area contributed by atoms with Crippen molar-refractivity contribution < 1.29 is 9.21 Å². The van der Waals surface area contributed by atoms with Crippen LogP contribution in [0.2, 0.25) is 5.02 Å². The fourth-order valence-corrected chi connectivity index (χ4v) is 3.20. The molecule has 23 heavy (non-hydrogen) atoms. The van der Waals surface area contributed by atoms with E-state index in [-0.39, 0.29) is 5.91 Å². The van der Waals surface area contributed by atoms with Crippen LogP contribution in [-0.2, 0) is 5.75 Å². The standard InChI is InChI=1S/C18H14ClNO2S/c19-16-5-2-1-4-13(16)12-23-15-9-7-14(8-10-15)20-18(21)17-6-3-11-22-17/h1-11H,12H2,(H,20,21). The zero-order chi connectivity index (χ0) is 16.1. The Kier molecular flexibility index (Phi) is 5.05. The molecular weight excluding hydrogens is 330 g/mol. The molecule has 3 aromatic rings. The Morgan fingerprint density at radius 3 is 2.52 bits per heavy atom. The lowest BCUT2D eigenvalue weighted by atomic mass is 10.2. The molecule has 3 nitrogen and oxygen atoms in total. The van der Waals surface area contributed by atoms with Gasteiger partial charge in [0.2, 0.25) is 0 Å². The topological polar surface area (TPSA) is 42.2 Å². The fourth-order valence-electron chi connectivity index (χ4n) is 2.01. The summed E-state index contributed by atoms with van der Waals surface area (Å²) in [5, 5.41) is 3.57. The lowest BCUT2D eigenvalue weighted by Gasteiger charge is -2.06. The van der Waals surface area contributed by atoms with Gasteiger partial charge in [-0.05, 0) is 48.0 Å². The van der Waals surface area contributed by atoms with Crippen LogP contribution in [0.25, 0.3) is 0 Å². The number of anilines is 1. The van der Waals surface area contributed by atoms with E-state index < -0.39 is 0 Å². The van der Waals surface area contributed by atoms with Crippen LogP contribution < -0.4 is 5.32 Å². The SMILES string of the molecule is O=C(Nc1ccc(SCc2ccccc2Cl)cc1)c1ccco1. The van der Waals surface area contributed by atoms with Crippen LogP contribution >= 0.6 is 23.4 Å². The van der Waals surface area contributed by atoms with Crippen molar-refractivity contribution in [2.75, 3.05) is 5.32 Å². The molecule has 0 unspecified atom stereocenters. The maximum Gasteiger partial charge on any atom is 0.291 e. The normalized spacial score (nSPS) is 10.5. The number of thioether (sulfide) groups is 1. The predicted octanol–water partition coefficient (Wildman–Crippen LogP) is 5.48. The molecule has 5 heteroatoms. The van der Waals surface area contributed by atoms with E-state index in [1.165, 1.54) is 6.26 Å². The molecule has 1 heterocycles. The molecule has 0 saturated heterocycles. The summed E-state index contributed by atoms with van der Waals surface area (Å²) in [7, 11) is 0. The molecule has 3 rings (SSSR count). The Balaban J connectivity index is 1.59. The molecule has 0 bridgehead atoms. The van der Waals surface area contributed by atoms with Crippen LogP contribution in [0.5, 0.6) is 0 Å². The van der Waals surface area contributed by atoms with Gasteiger partial charge in [0.1, 0.15) is 0 Å². The first kappa shape index (κ1) is 15.7. The van der Waals surface area contributed by atoms with Crippen molar-refractivity contribution in [1.29, 1.82) is 0 Å². The van der Waals surface area contributed by atoms with Gasteiger partial charge in [0.15, 0.2) is 5.76 Å². The van der Waals surface area contributed by atoms with Crippen LogP contribution in [0, 0.1) is 0 Å². The van der Waals surface area contributed by atoms with Gasteiger partial charge in [-0.15, -0.1) is 11.8 Å². The first-order valence-electron chi connectivity index (χ1n) is 7.03. The summed E-state index contributed by atoms with van der Waals surface area (Å²) in [6.45, 7) is 0. The minimum absolute atomic E-state index is 0.258. The third kappa shape index (κ3) is 4.18. The fraction of sp³-hybridized carbons (Fsp3) is 0.0556. The number of benzene rings is 2. The first-order chi connectivity index (χ1) is 11.2. The lowest BCUT2D eigenvalue weighted by Crippen LogP contribution is -2.10. The molecule has 1 N–H and O–H groups in total. The molecule has 2 aromatic carbocycles. The van der Waals surface area contributed by atoms with Crippen molar-refractivity contribution in [3.63, 3.8) is 0 Å². The number of amides is 1. The number of hydrogen-bond acceptors (Lipinski definition) is 3. The van der Waals surface area contributed by atoms with E-state index in [1.54, 1.807) is 23.9 Å². The van der Waals surface area contributed by atoms with Crippen molar-refractivity contribution in [3.8, 4) is 0 Å². The van der Waals surface area contributed by atoms with E-state index in [1.807, 2.05) is 48.5 Å². The summed E-state index contributed by atoms with van der Waals surface area (Å²) < 4.78 is 5.06. The summed E-state index contributed by atoms with van der Waals surface area (Å²) in [6, 6.07) is 18.8. The van der Waals surface area contributed by atoms with Crippen molar-refractivity contribution in [2.24, 2.45) is 0 Å². The number of halogens is 1. The van der Waals surface area contributed by atoms with Crippen LogP contribution in [-0.4, -0.2) is 5.91 Å². The Bertz CT molecular complexity index is 785. The highest BCUT2D eigenvalue weighted by Gasteiger charge is 2.08. The summed E-state index contributed by atoms with van der Waals surface area (Å²) in [4.78, 5) is 13.0. The van der Waals surface area contributed by atoms with Gasteiger partial charge in [-0.1, -0.05) is 29.8 Å². The maximum atomic E-state index is 11.9. The second-order valence-corrected chi connectivity index (χ2v) is 6.29. The van der Waals surface area contributed by atoms with Crippen LogP contribution in [0.15, 0.2) is 76.2 Å². The van der Waals surface area contributed by atoms with E-state index in [4.69, 9.17) is 16.0 Å². The molecular formula is C18H14ClNO2S. The molecule has 1 aromatic heterocycles. The number of furan rings is 1.